The number of hydrogen-bond donors (Lipinski definition) is 1. The van der Waals surface area contributed by atoms with Gasteiger partial charge in [-0.05, 0) is 59.8 Å². The molecule has 37 heavy (non-hydrogen) atoms. The number of allylic oxidation sites excluding steroid dienone is 1. The Hall–Kier alpha value is -2.14. The van der Waals surface area contributed by atoms with Crippen molar-refractivity contribution in [3.05, 3.63) is 76.2 Å². The fraction of sp³-hybridized carbons (Fsp3) is 0.400. The van der Waals surface area contributed by atoms with E-state index < -0.39 is 61.4 Å². The second kappa shape index (κ2) is 10.6. The zero-order chi connectivity index (χ0) is 27.8. The molecule has 0 amide bonds. The van der Waals surface area contributed by atoms with Gasteiger partial charge >= 0.3 is 7.60 Å². The van der Waals surface area contributed by atoms with Crippen LogP contribution in [0.5, 0.6) is 0 Å². The summed E-state index contributed by atoms with van der Waals surface area (Å²) in [6.45, 7) is 9.52. The second-order valence-corrected chi connectivity index (χ2v) is 15.3. The molecule has 202 valence electrons. The van der Waals surface area contributed by atoms with Gasteiger partial charge in [-0.1, -0.05) is 42.0 Å². The Morgan fingerprint density at radius 2 is 1.46 bits per heavy atom. The molecule has 9 nitrogen and oxygen atoms in total. The highest BCUT2D eigenvalue weighted by molar-refractivity contribution is 7.96. The molecule has 0 bridgehead atoms. The molecule has 0 heterocycles. The van der Waals surface area contributed by atoms with Crippen LogP contribution >= 0.6 is 7.60 Å². The summed E-state index contributed by atoms with van der Waals surface area (Å²) >= 11 is 0. The molecule has 1 N–H and O–H groups in total. The largest absolute Gasteiger partial charge is 0.360 e. The lowest BCUT2D eigenvalue weighted by molar-refractivity contribution is 0.103. The van der Waals surface area contributed by atoms with Gasteiger partial charge in [0.05, 0.1) is 22.9 Å². The lowest BCUT2D eigenvalue weighted by atomic mass is 9.92. The molecule has 1 aliphatic rings. The third kappa shape index (κ3) is 5.67. The van der Waals surface area contributed by atoms with Crippen molar-refractivity contribution in [2.75, 3.05) is 5.75 Å². The maximum atomic E-state index is 14.7. The number of hydrogen-bond acceptors (Lipinski definition) is 8. The second-order valence-electron chi connectivity index (χ2n) is 9.28. The Labute approximate surface area is 218 Å². The molecule has 0 aliphatic heterocycles. The van der Waals surface area contributed by atoms with E-state index in [0.717, 1.165) is 11.6 Å². The number of sulfonamides is 1. The molecule has 1 aliphatic carbocycles. The van der Waals surface area contributed by atoms with Crippen LogP contribution in [0.1, 0.15) is 56.1 Å². The maximum Gasteiger partial charge on any atom is 0.360 e. The van der Waals surface area contributed by atoms with E-state index in [0.29, 0.717) is 0 Å². The fourth-order valence-electron chi connectivity index (χ4n) is 3.95. The Morgan fingerprint density at radius 3 is 1.97 bits per heavy atom. The van der Waals surface area contributed by atoms with Gasteiger partial charge in [0.25, 0.3) is 0 Å². The summed E-state index contributed by atoms with van der Waals surface area (Å²) in [5.74, 6) is -1.27. The number of carbonyl (C=O) groups excluding carboxylic acids is 1. The highest BCUT2D eigenvalue weighted by Gasteiger charge is 2.59. The zero-order valence-electron chi connectivity index (χ0n) is 21.6. The van der Waals surface area contributed by atoms with Gasteiger partial charge in [-0.15, -0.1) is 0 Å². The van der Waals surface area contributed by atoms with Crippen LogP contribution in [0.3, 0.4) is 0 Å². The Bertz CT molecular complexity index is 1460. The first-order valence-electron chi connectivity index (χ1n) is 11.8. The normalized spacial score (nSPS) is 18.7. The minimum absolute atomic E-state index is 0.0236. The van der Waals surface area contributed by atoms with E-state index in [9.17, 15) is 26.2 Å². The van der Waals surface area contributed by atoms with Crippen LogP contribution in [-0.2, 0) is 38.8 Å². The van der Waals surface area contributed by atoms with E-state index in [1.165, 1.54) is 43.3 Å². The molecular weight excluding hydrogens is 537 g/mol. The van der Waals surface area contributed by atoms with Crippen molar-refractivity contribution in [3.8, 4) is 0 Å². The first kappa shape index (κ1) is 29.4. The van der Waals surface area contributed by atoms with Gasteiger partial charge in [-0.25, -0.2) is 16.8 Å². The number of carbonyl (C=O) groups is 1. The molecule has 2 aromatic rings. The van der Waals surface area contributed by atoms with Crippen LogP contribution < -0.4 is 4.72 Å². The van der Waals surface area contributed by atoms with Crippen molar-refractivity contribution in [1.82, 2.24) is 4.72 Å². The van der Waals surface area contributed by atoms with Gasteiger partial charge in [0.15, 0.2) is 5.28 Å². The van der Waals surface area contributed by atoms with Gasteiger partial charge in [-0.2, -0.15) is 4.72 Å². The van der Waals surface area contributed by atoms with E-state index >= 15 is 0 Å². The topological polar surface area (TPSA) is 133 Å². The standard InChI is InChI=1S/C25H32NO8PS2/c1-7-36(29,30)26-25(35(28,33-17(2)3)34-18(4)5)16-23(24(27)21-10-8-9-11-22(21)25)37(31,32)20-14-12-19(6)13-15-20/h8-18,26H,7H2,1-6H3. The third-order valence-corrected chi connectivity index (χ3v) is 11.7. The average molecular weight is 570 g/mol. The van der Waals surface area contributed by atoms with Crippen molar-refractivity contribution in [1.29, 1.82) is 0 Å². The number of Topliss-reactive ketones (excluding diaryl/α,β-unsaturated/α-hetero) is 1. The first-order valence-corrected chi connectivity index (χ1v) is 16.4. The Kier molecular flexibility index (Phi) is 8.39. The molecule has 0 spiro atoms. The number of ketones is 1. The van der Waals surface area contributed by atoms with E-state index in [-0.39, 0.29) is 16.0 Å². The molecule has 3 rings (SSSR count). The number of rotatable bonds is 10. The summed E-state index contributed by atoms with van der Waals surface area (Å²) in [7, 11) is -13.2. The van der Waals surface area contributed by atoms with Crippen molar-refractivity contribution < 1.29 is 35.2 Å². The number of sulfone groups is 1. The highest BCUT2D eigenvalue weighted by Crippen LogP contribution is 2.67. The quantitative estimate of drug-likeness (QED) is 0.408. The smallest absolute Gasteiger partial charge is 0.304 e. The molecule has 1 unspecified atom stereocenters. The lowest BCUT2D eigenvalue weighted by Gasteiger charge is -2.42. The van der Waals surface area contributed by atoms with Gasteiger partial charge in [0.1, 0.15) is 4.91 Å². The van der Waals surface area contributed by atoms with Gasteiger partial charge in [0.2, 0.25) is 25.6 Å². The molecule has 0 saturated heterocycles. The van der Waals surface area contributed by atoms with E-state index in [4.69, 9.17) is 9.05 Å². The summed E-state index contributed by atoms with van der Waals surface area (Å²) in [6.07, 6.45) is -0.517. The van der Waals surface area contributed by atoms with Gasteiger partial charge in [0, 0.05) is 11.1 Å². The zero-order valence-corrected chi connectivity index (χ0v) is 24.1. The summed E-state index contributed by atoms with van der Waals surface area (Å²) < 4.78 is 82.4. The van der Waals surface area contributed by atoms with E-state index in [1.807, 2.05) is 0 Å². The van der Waals surface area contributed by atoms with Crippen LogP contribution in [0.15, 0.2) is 64.4 Å². The van der Waals surface area contributed by atoms with Crippen LogP contribution in [0.2, 0.25) is 0 Å². The van der Waals surface area contributed by atoms with Crippen molar-refractivity contribution in [2.24, 2.45) is 0 Å². The Morgan fingerprint density at radius 1 is 0.919 bits per heavy atom. The van der Waals surface area contributed by atoms with Crippen molar-refractivity contribution >= 4 is 33.2 Å². The molecule has 12 heteroatoms. The minimum atomic E-state index is -4.60. The summed E-state index contributed by atoms with van der Waals surface area (Å²) in [6, 6.07) is 11.7. The van der Waals surface area contributed by atoms with E-state index in [1.54, 1.807) is 46.8 Å². The summed E-state index contributed by atoms with van der Waals surface area (Å²) in [5, 5.41) is -2.34. The predicted molar refractivity (Wildman–Crippen MR) is 142 cm³/mol. The lowest BCUT2D eigenvalue weighted by Crippen LogP contribution is -2.49. The van der Waals surface area contributed by atoms with Crippen molar-refractivity contribution in [2.45, 2.75) is 63.9 Å². The number of nitrogens with one attached hydrogen (secondary N) is 1. The highest BCUT2D eigenvalue weighted by atomic mass is 32.2. The number of aryl methyl sites for hydroxylation is 1. The number of fused-ring (bicyclic) bond motifs is 1. The Balaban J connectivity index is 2.50. The molecule has 0 aromatic heterocycles. The molecule has 0 radical (unpaired) electrons. The van der Waals surface area contributed by atoms with Crippen LogP contribution in [0.4, 0.5) is 0 Å². The SMILES string of the molecule is CCS(=O)(=O)NC1(P(=O)(OC(C)C)OC(C)C)C=C(S(=O)(=O)c2ccc(C)cc2)C(=O)c2ccccc21. The molecule has 2 aromatic carbocycles. The average Bonchev–Trinajstić information content (AvgIpc) is 2.80. The van der Waals surface area contributed by atoms with Crippen LogP contribution in [0.25, 0.3) is 0 Å². The first-order chi connectivity index (χ1) is 17.1. The third-order valence-electron chi connectivity index (χ3n) is 5.59. The molecular formula is C25H32NO8PS2. The fourth-order valence-corrected chi connectivity index (χ4v) is 9.39. The van der Waals surface area contributed by atoms with Crippen LogP contribution in [-0.4, -0.2) is 40.6 Å². The molecule has 0 saturated carbocycles. The summed E-state index contributed by atoms with van der Waals surface area (Å²) in [5.41, 5.74) is 0.650. The monoisotopic (exact) mass is 569 g/mol. The van der Waals surface area contributed by atoms with Gasteiger partial charge in [-0.3, -0.25) is 9.36 Å². The van der Waals surface area contributed by atoms with Gasteiger partial charge < -0.3 is 9.05 Å². The maximum absolute atomic E-state index is 14.7. The van der Waals surface area contributed by atoms with Crippen molar-refractivity contribution in [3.63, 3.8) is 0 Å². The number of benzene rings is 2. The van der Waals surface area contributed by atoms with Crippen LogP contribution in [0, 0.1) is 6.92 Å². The minimum Gasteiger partial charge on any atom is -0.304 e. The molecule has 0 fully saturated rings. The van der Waals surface area contributed by atoms with E-state index in [2.05, 4.69) is 4.72 Å². The predicted octanol–water partition coefficient (Wildman–Crippen LogP) is 4.68. The summed E-state index contributed by atoms with van der Waals surface area (Å²) in [4.78, 5) is 12.7. The molecule has 1 atom stereocenters.